The molecule has 2 N–H and O–H groups in total. The van der Waals surface area contributed by atoms with Gasteiger partial charge in [-0.3, -0.25) is 38.6 Å². The molecule has 4 saturated heterocycles. The standard InChI is InChI=1S/C82H126F2N2O14/c1-5-7-27-37-73(99-77(91)53-55-85-65-49-51-69(85)79(81(93)95-3)67(59-65)61-41-45-63(83)46-42-61)71(87)35-29-21-15-9-11-17-23-31-39-75(89)97-57-33-25-19-13-14-20-26-34-58-98-76(90)40-32-24-18-12-10-16-22-30-36-72(88)74(38-28-8-6-2)100-78(92)54-56-86-66-50-52-70(86)80(82(94)96-4)68(60-66)62-43-47-64(84)48-44-62/h21-22,29-30,41-48,65-74,79-80,87-88H,5-20,23-28,31-40,49-60H2,1-4H3/b29-21-,30-22-/t65?,66?,67-,68+,69?,70?,71?,72?,73?,74?,79?,80?. The zero-order valence-corrected chi connectivity index (χ0v) is 61.4. The summed E-state index contributed by atoms with van der Waals surface area (Å²) in [5.74, 6) is -3.07. The molecule has 4 aliphatic rings. The zero-order chi connectivity index (χ0) is 71.7. The van der Waals surface area contributed by atoms with E-state index < -0.39 is 36.3 Å². The Morgan fingerprint density at radius 2 is 0.810 bits per heavy atom. The van der Waals surface area contributed by atoms with Crippen LogP contribution in [-0.2, 0) is 57.2 Å². The molecule has 4 fully saturated rings. The molecule has 562 valence electrons. The van der Waals surface area contributed by atoms with Gasteiger partial charge in [0.25, 0.3) is 0 Å². The molecule has 0 aliphatic carbocycles. The van der Waals surface area contributed by atoms with Crippen LogP contribution < -0.4 is 0 Å². The van der Waals surface area contributed by atoms with Crippen LogP contribution in [0.25, 0.3) is 0 Å². The maximum atomic E-state index is 13.8. The summed E-state index contributed by atoms with van der Waals surface area (Å²) in [5.41, 5.74) is 1.86. The van der Waals surface area contributed by atoms with E-state index in [4.69, 9.17) is 28.4 Å². The fraction of sp³-hybridized carbons (Fsp3) is 0.732. The molecule has 100 heavy (non-hydrogen) atoms. The van der Waals surface area contributed by atoms with Gasteiger partial charge in [-0.15, -0.1) is 0 Å². The van der Waals surface area contributed by atoms with E-state index in [0.29, 0.717) is 64.8 Å². The van der Waals surface area contributed by atoms with Crippen LogP contribution in [0.2, 0.25) is 0 Å². The predicted molar refractivity (Wildman–Crippen MR) is 386 cm³/mol. The van der Waals surface area contributed by atoms with Crippen LogP contribution >= 0.6 is 0 Å². The van der Waals surface area contributed by atoms with Crippen molar-refractivity contribution >= 4 is 35.8 Å². The number of aliphatic hydroxyl groups is 2. The van der Waals surface area contributed by atoms with E-state index in [1.807, 2.05) is 12.2 Å². The number of fused-ring (bicyclic) bond motifs is 4. The minimum atomic E-state index is -0.798. The lowest BCUT2D eigenvalue weighted by atomic mass is 9.76. The van der Waals surface area contributed by atoms with Crippen molar-refractivity contribution in [2.45, 2.75) is 331 Å². The number of hydrogen-bond donors (Lipinski definition) is 2. The Balaban J connectivity index is 0.688. The van der Waals surface area contributed by atoms with E-state index >= 15 is 0 Å². The highest BCUT2D eigenvalue weighted by atomic mass is 19.1. The Morgan fingerprint density at radius 3 is 1.18 bits per heavy atom. The first kappa shape index (κ1) is 83.4. The normalized spacial score (nSPS) is 21.8. The van der Waals surface area contributed by atoms with Gasteiger partial charge in [-0.2, -0.15) is 0 Å². The number of piperidine rings is 2. The van der Waals surface area contributed by atoms with Crippen LogP contribution in [0.15, 0.2) is 72.8 Å². The number of unbranched alkanes of at least 4 members (excludes halogenated alkanes) is 21. The van der Waals surface area contributed by atoms with Crippen molar-refractivity contribution in [3.8, 4) is 0 Å². The molecule has 0 radical (unpaired) electrons. The van der Waals surface area contributed by atoms with Crippen molar-refractivity contribution in [1.82, 2.24) is 9.80 Å². The second-order valence-electron chi connectivity index (χ2n) is 28.9. The van der Waals surface area contributed by atoms with Crippen molar-refractivity contribution in [1.29, 1.82) is 0 Å². The average Bonchev–Trinajstić information content (AvgIpc) is 1.55. The summed E-state index contributed by atoms with van der Waals surface area (Å²) in [6.07, 6.45) is 39.4. The van der Waals surface area contributed by atoms with Gasteiger partial charge in [0, 0.05) is 61.9 Å². The molecule has 0 aromatic heterocycles. The van der Waals surface area contributed by atoms with Crippen molar-refractivity contribution in [2.75, 3.05) is 40.5 Å². The summed E-state index contributed by atoms with van der Waals surface area (Å²) >= 11 is 0. The van der Waals surface area contributed by atoms with Crippen LogP contribution in [0.5, 0.6) is 0 Å². The maximum absolute atomic E-state index is 13.8. The Hall–Kier alpha value is -5.56. The van der Waals surface area contributed by atoms with Crippen molar-refractivity contribution in [3.63, 3.8) is 0 Å². The molecule has 16 nitrogen and oxygen atoms in total. The van der Waals surface area contributed by atoms with E-state index in [-0.39, 0.29) is 96.3 Å². The summed E-state index contributed by atoms with van der Waals surface area (Å²) < 4.78 is 61.0. The first-order valence-corrected chi connectivity index (χ1v) is 39.2. The number of halogens is 2. The molecular weight excluding hydrogens is 1270 g/mol. The first-order chi connectivity index (χ1) is 48.6. The van der Waals surface area contributed by atoms with Crippen molar-refractivity contribution < 1.29 is 76.2 Å². The molecule has 4 aliphatic heterocycles. The highest BCUT2D eigenvalue weighted by Crippen LogP contribution is 2.49. The Labute approximate surface area is 598 Å². The summed E-state index contributed by atoms with van der Waals surface area (Å²) in [6.45, 7) is 6.12. The molecule has 4 bridgehead atoms. The van der Waals surface area contributed by atoms with Gasteiger partial charge in [0.15, 0.2) is 0 Å². The number of carbonyl (C=O) groups is 6. The Morgan fingerprint density at radius 1 is 0.450 bits per heavy atom. The smallest absolute Gasteiger partial charge is 0.310 e. The molecule has 0 spiro atoms. The number of rotatable bonds is 53. The quantitative estimate of drug-likeness (QED) is 0.0273. The van der Waals surface area contributed by atoms with Gasteiger partial charge in [-0.25, -0.2) is 8.78 Å². The highest BCUT2D eigenvalue weighted by molar-refractivity contribution is 5.76. The monoisotopic (exact) mass is 1400 g/mol. The summed E-state index contributed by atoms with van der Waals surface area (Å²) in [6, 6.07) is 13.1. The van der Waals surface area contributed by atoms with Crippen LogP contribution in [0.3, 0.4) is 0 Å². The molecular formula is C82H126F2N2O14. The van der Waals surface area contributed by atoms with Crippen molar-refractivity contribution in [3.05, 3.63) is 95.6 Å². The number of methoxy groups -OCH3 is 2. The van der Waals surface area contributed by atoms with Gasteiger partial charge in [-0.05, 0) is 164 Å². The van der Waals surface area contributed by atoms with Gasteiger partial charge < -0.3 is 38.6 Å². The highest BCUT2D eigenvalue weighted by Gasteiger charge is 2.52. The lowest BCUT2D eigenvalue weighted by Crippen LogP contribution is -2.51. The van der Waals surface area contributed by atoms with E-state index in [0.717, 1.165) is 217 Å². The minimum Gasteiger partial charge on any atom is -0.469 e. The third-order valence-corrected chi connectivity index (χ3v) is 21.6. The lowest BCUT2D eigenvalue weighted by Gasteiger charge is -2.43. The molecule has 12 atom stereocenters. The van der Waals surface area contributed by atoms with E-state index in [9.17, 15) is 47.8 Å². The number of nitrogens with zero attached hydrogens (tertiary/aromatic N) is 2. The molecule has 0 saturated carbocycles. The van der Waals surface area contributed by atoms with Gasteiger partial charge in [0.05, 0.1) is 64.3 Å². The number of hydrogen-bond acceptors (Lipinski definition) is 16. The number of allylic oxidation sites excluding steroid dienone is 2. The number of ether oxygens (including phenoxy) is 6. The SMILES string of the molecule is CCCCCC(OC(=O)CCN1C2CCC1C(C(=O)OC)[C@@H](c1ccc(F)cc1)C2)C(O)C/C=C\CCCCCCCC(=O)OCCCCCCCCCCOC(=O)CCCCCCC/C=C\CC(O)C(CCCCC)OC(=O)CCN1C2CCC1C(C(=O)OC)[C@H](c1ccc(F)cc1)C2. The largest absolute Gasteiger partial charge is 0.469 e. The van der Waals surface area contributed by atoms with Crippen LogP contribution in [0.1, 0.15) is 294 Å². The second-order valence-corrected chi connectivity index (χ2v) is 28.9. The minimum absolute atomic E-state index is 0.0754. The fourth-order valence-electron chi connectivity index (χ4n) is 16.0. The van der Waals surface area contributed by atoms with Gasteiger partial charge in [0.2, 0.25) is 0 Å². The molecule has 18 heteroatoms. The number of aliphatic hydroxyl groups excluding tert-OH is 2. The van der Waals surface area contributed by atoms with Crippen LogP contribution in [0, 0.1) is 23.5 Å². The molecule has 4 heterocycles. The third-order valence-electron chi connectivity index (χ3n) is 21.6. The Bertz CT molecular complexity index is 2530. The molecule has 2 aromatic carbocycles. The molecule has 10 unspecified atom stereocenters. The zero-order valence-electron chi connectivity index (χ0n) is 61.4. The second kappa shape index (κ2) is 48.4. The Kier molecular flexibility index (Phi) is 40.4. The summed E-state index contributed by atoms with van der Waals surface area (Å²) in [5, 5.41) is 22.4. The summed E-state index contributed by atoms with van der Waals surface area (Å²) in [7, 11) is 2.81. The van der Waals surface area contributed by atoms with E-state index in [1.165, 1.54) is 38.5 Å². The topological polar surface area (TPSA) is 205 Å². The van der Waals surface area contributed by atoms with Crippen molar-refractivity contribution in [2.24, 2.45) is 11.8 Å². The van der Waals surface area contributed by atoms with Crippen LogP contribution in [-0.4, -0.2) is 145 Å². The van der Waals surface area contributed by atoms with Gasteiger partial charge >= 0.3 is 35.8 Å². The van der Waals surface area contributed by atoms with E-state index in [1.54, 1.807) is 24.3 Å². The van der Waals surface area contributed by atoms with Gasteiger partial charge in [0.1, 0.15) is 23.8 Å². The van der Waals surface area contributed by atoms with Gasteiger partial charge in [-0.1, -0.05) is 165 Å². The number of benzene rings is 2. The molecule has 6 rings (SSSR count). The third kappa shape index (κ3) is 29.7. The first-order valence-electron chi connectivity index (χ1n) is 39.2. The van der Waals surface area contributed by atoms with Crippen LogP contribution in [0.4, 0.5) is 8.78 Å². The number of esters is 6. The lowest BCUT2D eigenvalue weighted by molar-refractivity contribution is -0.158. The maximum Gasteiger partial charge on any atom is 0.310 e. The fourth-order valence-corrected chi connectivity index (χ4v) is 16.0. The summed E-state index contributed by atoms with van der Waals surface area (Å²) in [4.78, 5) is 82.2. The number of carbonyl (C=O) groups excluding carboxylic acids is 6. The average molecular weight is 1400 g/mol. The molecule has 0 amide bonds. The molecule has 2 aromatic rings. The van der Waals surface area contributed by atoms with E-state index in [2.05, 4.69) is 35.8 Å². The predicted octanol–water partition coefficient (Wildman–Crippen LogP) is 16.9.